The maximum Gasteiger partial charge on any atom is 0.252 e. The Bertz CT molecular complexity index is 1260. The number of carbonyl (C=O) groups is 1. The number of sulfonamides is 1. The number of anilines is 1. The molecule has 176 valence electrons. The van der Waals surface area contributed by atoms with Gasteiger partial charge in [0.05, 0.1) is 30.2 Å². The van der Waals surface area contributed by atoms with Crippen LogP contribution in [0.15, 0.2) is 39.9 Å². The van der Waals surface area contributed by atoms with Crippen LogP contribution in [0.4, 0.5) is 5.13 Å². The molecule has 12 heteroatoms. The molecule has 8 nitrogen and oxygen atoms in total. The van der Waals surface area contributed by atoms with E-state index in [0.717, 1.165) is 16.9 Å². The second-order valence-corrected chi connectivity index (χ2v) is 12.1. The van der Waals surface area contributed by atoms with Crippen molar-refractivity contribution in [3.05, 3.63) is 40.0 Å². The second-order valence-electron chi connectivity index (χ2n) is 7.36. The summed E-state index contributed by atoms with van der Waals surface area (Å²) < 4.78 is 38.4. The van der Waals surface area contributed by atoms with E-state index in [1.54, 1.807) is 26.4 Å². The number of methoxy groups -OCH3 is 2. The van der Waals surface area contributed by atoms with E-state index in [9.17, 15) is 13.2 Å². The number of hydrogen-bond donors (Lipinski definition) is 1. The highest BCUT2D eigenvalue weighted by Gasteiger charge is 2.34. The van der Waals surface area contributed by atoms with Crippen molar-refractivity contribution in [3.63, 3.8) is 0 Å². The fraction of sp³-hybridized carbons (Fsp3) is 0.333. The van der Waals surface area contributed by atoms with E-state index in [1.165, 1.54) is 21.7 Å². The first-order valence-corrected chi connectivity index (χ1v) is 13.6. The highest BCUT2D eigenvalue weighted by molar-refractivity contribution is 7.91. The van der Waals surface area contributed by atoms with Crippen LogP contribution in [0.1, 0.15) is 12.8 Å². The van der Waals surface area contributed by atoms with Gasteiger partial charge in [-0.25, -0.2) is 13.4 Å². The first-order valence-electron chi connectivity index (χ1n) is 10.1. The summed E-state index contributed by atoms with van der Waals surface area (Å²) in [4.78, 5) is 17.4. The highest BCUT2D eigenvalue weighted by atomic mass is 35.5. The van der Waals surface area contributed by atoms with Crippen molar-refractivity contribution in [2.45, 2.75) is 17.1 Å². The van der Waals surface area contributed by atoms with Crippen molar-refractivity contribution < 1.29 is 22.7 Å². The van der Waals surface area contributed by atoms with Gasteiger partial charge in [0.1, 0.15) is 4.21 Å². The zero-order chi connectivity index (χ0) is 23.6. The third-order valence-electron chi connectivity index (χ3n) is 5.31. The van der Waals surface area contributed by atoms with Gasteiger partial charge in [-0.15, -0.1) is 22.7 Å². The molecule has 1 amide bonds. The predicted octanol–water partition coefficient (Wildman–Crippen LogP) is 4.58. The van der Waals surface area contributed by atoms with Gasteiger partial charge in [-0.2, -0.15) is 4.31 Å². The molecule has 33 heavy (non-hydrogen) atoms. The zero-order valence-electron chi connectivity index (χ0n) is 17.9. The number of benzene rings is 1. The lowest BCUT2D eigenvalue weighted by Crippen LogP contribution is -2.43. The van der Waals surface area contributed by atoms with Crippen molar-refractivity contribution in [1.29, 1.82) is 0 Å². The van der Waals surface area contributed by atoms with Crippen molar-refractivity contribution in [3.8, 4) is 22.8 Å². The molecule has 1 aliphatic rings. The van der Waals surface area contributed by atoms with Crippen LogP contribution in [-0.4, -0.2) is 50.9 Å². The largest absolute Gasteiger partial charge is 0.493 e. The fourth-order valence-electron chi connectivity index (χ4n) is 3.61. The van der Waals surface area contributed by atoms with Crippen LogP contribution in [0.3, 0.4) is 0 Å². The fourth-order valence-corrected chi connectivity index (χ4v) is 7.49. The number of nitrogens with one attached hydrogen (secondary N) is 1. The second kappa shape index (κ2) is 9.98. The van der Waals surface area contributed by atoms with Crippen LogP contribution < -0.4 is 14.8 Å². The van der Waals surface area contributed by atoms with Gasteiger partial charge in [-0.05, 0) is 43.2 Å². The Morgan fingerprint density at radius 3 is 2.70 bits per heavy atom. The number of amides is 1. The monoisotopic (exact) mass is 527 g/mol. The predicted molar refractivity (Wildman–Crippen MR) is 130 cm³/mol. The number of thiazole rings is 1. The Hall–Kier alpha value is -2.18. The van der Waals surface area contributed by atoms with Gasteiger partial charge in [0, 0.05) is 24.0 Å². The van der Waals surface area contributed by atoms with Crippen LogP contribution in [0.2, 0.25) is 4.34 Å². The number of ether oxygens (including phenoxy) is 2. The van der Waals surface area contributed by atoms with Gasteiger partial charge in [0.2, 0.25) is 5.91 Å². The van der Waals surface area contributed by atoms with E-state index < -0.39 is 15.9 Å². The number of rotatable bonds is 7. The van der Waals surface area contributed by atoms with E-state index in [4.69, 9.17) is 21.1 Å². The smallest absolute Gasteiger partial charge is 0.252 e. The number of aromatic nitrogens is 1. The van der Waals surface area contributed by atoms with Crippen LogP contribution >= 0.6 is 34.3 Å². The Balaban J connectivity index is 1.44. The molecular weight excluding hydrogens is 506 g/mol. The Morgan fingerprint density at radius 2 is 2.00 bits per heavy atom. The summed E-state index contributed by atoms with van der Waals surface area (Å²) >= 11 is 8.23. The standard InChI is InChI=1S/C21H22ClN3O5S3/c1-29-16-6-5-13(10-17(16)30-2)15-12-31-21(23-15)24-20(26)14-4-3-9-25(11-14)33(27,28)19-8-7-18(22)32-19/h5-8,10,12,14H,3-4,9,11H2,1-2H3,(H,23,24,26). The topological polar surface area (TPSA) is 97.8 Å². The van der Waals surface area contributed by atoms with Gasteiger partial charge >= 0.3 is 0 Å². The SMILES string of the molecule is COc1ccc(-c2csc(NC(=O)C3CCCN(S(=O)(=O)c4ccc(Cl)s4)C3)n2)cc1OC. The van der Waals surface area contributed by atoms with E-state index in [0.29, 0.717) is 46.0 Å². The first-order chi connectivity index (χ1) is 15.8. The Labute approximate surface area is 205 Å². The minimum Gasteiger partial charge on any atom is -0.493 e. The Morgan fingerprint density at radius 1 is 1.21 bits per heavy atom. The molecule has 0 aliphatic carbocycles. The molecule has 3 aromatic rings. The van der Waals surface area contributed by atoms with Crippen LogP contribution in [0.5, 0.6) is 11.5 Å². The number of carbonyl (C=O) groups excluding carboxylic acids is 1. The summed E-state index contributed by atoms with van der Waals surface area (Å²) in [5, 5.41) is 5.14. The lowest BCUT2D eigenvalue weighted by atomic mass is 9.99. The maximum atomic E-state index is 12.9. The molecule has 0 spiro atoms. The molecule has 1 unspecified atom stereocenters. The van der Waals surface area contributed by atoms with Gasteiger partial charge in [-0.1, -0.05) is 11.6 Å². The van der Waals surface area contributed by atoms with E-state index in [-0.39, 0.29) is 16.7 Å². The molecule has 2 aromatic heterocycles. The lowest BCUT2D eigenvalue weighted by molar-refractivity contribution is -0.120. The van der Waals surface area contributed by atoms with Crippen molar-refractivity contribution in [1.82, 2.24) is 9.29 Å². The normalized spacial score (nSPS) is 17.0. The molecule has 1 saturated heterocycles. The zero-order valence-corrected chi connectivity index (χ0v) is 21.1. The minimum atomic E-state index is -3.67. The average Bonchev–Trinajstić information content (AvgIpc) is 3.48. The third kappa shape index (κ3) is 5.17. The molecule has 1 N–H and O–H groups in total. The summed E-state index contributed by atoms with van der Waals surface area (Å²) in [7, 11) is -0.537. The molecule has 1 atom stereocenters. The van der Waals surface area contributed by atoms with Crippen LogP contribution in [-0.2, 0) is 14.8 Å². The van der Waals surface area contributed by atoms with Crippen molar-refractivity contribution in [2.75, 3.05) is 32.6 Å². The van der Waals surface area contributed by atoms with Crippen LogP contribution in [0.25, 0.3) is 11.3 Å². The third-order valence-corrected chi connectivity index (χ3v) is 9.63. The molecule has 1 aliphatic heterocycles. The van der Waals surface area contributed by atoms with Gasteiger partial charge in [-0.3, -0.25) is 4.79 Å². The van der Waals surface area contributed by atoms with E-state index in [1.807, 2.05) is 17.5 Å². The maximum absolute atomic E-state index is 12.9. The molecular formula is C21H22ClN3O5S3. The number of piperidine rings is 1. The number of nitrogens with zero attached hydrogens (tertiary/aromatic N) is 2. The van der Waals surface area contributed by atoms with Crippen molar-refractivity contribution >= 4 is 55.3 Å². The molecule has 0 saturated carbocycles. The highest BCUT2D eigenvalue weighted by Crippen LogP contribution is 2.34. The number of hydrogen-bond acceptors (Lipinski definition) is 8. The number of halogens is 1. The van der Waals surface area contributed by atoms with Crippen LogP contribution in [0, 0.1) is 5.92 Å². The van der Waals surface area contributed by atoms with E-state index in [2.05, 4.69) is 10.3 Å². The minimum absolute atomic E-state index is 0.123. The summed E-state index contributed by atoms with van der Waals surface area (Å²) in [6.07, 6.45) is 1.21. The quantitative estimate of drug-likeness (QED) is 0.483. The average molecular weight is 528 g/mol. The summed E-state index contributed by atoms with van der Waals surface area (Å²) in [6, 6.07) is 8.54. The molecule has 3 heterocycles. The Kier molecular flexibility index (Phi) is 7.25. The van der Waals surface area contributed by atoms with Gasteiger partial charge in [0.25, 0.3) is 10.0 Å². The molecule has 1 fully saturated rings. The first kappa shape index (κ1) is 24.0. The summed E-state index contributed by atoms with van der Waals surface area (Å²) in [5.74, 6) is 0.500. The van der Waals surface area contributed by atoms with Gasteiger partial charge in [0.15, 0.2) is 16.6 Å². The van der Waals surface area contributed by atoms with Crippen molar-refractivity contribution in [2.24, 2.45) is 5.92 Å². The lowest BCUT2D eigenvalue weighted by Gasteiger charge is -2.30. The van der Waals surface area contributed by atoms with E-state index >= 15 is 0 Å². The summed E-state index contributed by atoms with van der Waals surface area (Å²) in [5.41, 5.74) is 1.52. The van der Waals surface area contributed by atoms with Gasteiger partial charge < -0.3 is 14.8 Å². The molecule has 4 rings (SSSR count). The molecule has 1 aromatic carbocycles. The summed E-state index contributed by atoms with van der Waals surface area (Å²) in [6.45, 7) is 0.500. The molecule has 0 bridgehead atoms. The molecule has 0 radical (unpaired) electrons. The number of thiophene rings is 1.